The van der Waals surface area contributed by atoms with Gasteiger partial charge in [-0.1, -0.05) is 66.2 Å². The zero-order valence-electron chi connectivity index (χ0n) is 19.8. The molecule has 0 saturated heterocycles. The summed E-state index contributed by atoms with van der Waals surface area (Å²) in [5.41, 5.74) is 6.20. The molecule has 0 aromatic heterocycles. The summed E-state index contributed by atoms with van der Waals surface area (Å²) in [5, 5.41) is 6.22. The van der Waals surface area contributed by atoms with Gasteiger partial charge in [0.05, 0.1) is 0 Å². The lowest BCUT2D eigenvalue weighted by Gasteiger charge is -2.37. The number of nitrogens with one attached hydrogen (secondary N) is 2. The van der Waals surface area contributed by atoms with Gasteiger partial charge in [-0.15, -0.1) is 0 Å². The Hall–Kier alpha value is -3.99. The number of carbonyl (C=O) groups excluding carboxylic acids is 2. The van der Waals surface area contributed by atoms with Crippen LogP contribution >= 0.6 is 0 Å². The molecule has 2 unspecified atom stereocenters. The molecule has 176 valence electrons. The van der Waals surface area contributed by atoms with Crippen LogP contribution in [0, 0.1) is 12.7 Å². The van der Waals surface area contributed by atoms with Crippen LogP contribution in [0.2, 0.25) is 0 Å². The predicted octanol–water partition coefficient (Wildman–Crippen LogP) is 6.13. The maximum Gasteiger partial charge on any atom is 0.254 e. The molecular formula is C30H27FN2O2. The van der Waals surface area contributed by atoms with Crippen molar-refractivity contribution < 1.29 is 14.0 Å². The van der Waals surface area contributed by atoms with E-state index in [2.05, 4.69) is 22.8 Å². The third kappa shape index (κ3) is 4.54. The number of hydrogen-bond donors (Lipinski definition) is 2. The van der Waals surface area contributed by atoms with E-state index in [4.69, 9.17) is 0 Å². The van der Waals surface area contributed by atoms with Gasteiger partial charge in [-0.05, 0) is 55.5 Å². The van der Waals surface area contributed by atoms with Crippen molar-refractivity contribution in [1.29, 1.82) is 0 Å². The monoisotopic (exact) mass is 466 g/mol. The fraction of sp³-hybridized carbons (Fsp3) is 0.200. The van der Waals surface area contributed by atoms with Gasteiger partial charge in [0, 0.05) is 40.6 Å². The van der Waals surface area contributed by atoms with Gasteiger partial charge in [0.1, 0.15) is 5.82 Å². The van der Waals surface area contributed by atoms with Crippen LogP contribution in [-0.4, -0.2) is 11.7 Å². The Balaban J connectivity index is 1.56. The molecule has 5 rings (SSSR count). The molecule has 2 N–H and O–H groups in total. The van der Waals surface area contributed by atoms with E-state index in [9.17, 15) is 14.0 Å². The predicted molar refractivity (Wildman–Crippen MR) is 135 cm³/mol. The Morgan fingerprint density at radius 3 is 2.37 bits per heavy atom. The quantitative estimate of drug-likeness (QED) is 0.486. The van der Waals surface area contributed by atoms with E-state index in [0.29, 0.717) is 35.4 Å². The number of allylic oxidation sites excluding steroid dienone is 3. The third-order valence-corrected chi connectivity index (χ3v) is 6.84. The summed E-state index contributed by atoms with van der Waals surface area (Å²) in [6.07, 6.45) is 1.09. The molecule has 1 heterocycles. The van der Waals surface area contributed by atoms with E-state index in [1.807, 2.05) is 56.3 Å². The van der Waals surface area contributed by atoms with Crippen molar-refractivity contribution in [3.8, 4) is 0 Å². The van der Waals surface area contributed by atoms with E-state index in [0.717, 1.165) is 22.4 Å². The van der Waals surface area contributed by atoms with Crippen molar-refractivity contribution in [1.82, 2.24) is 5.32 Å². The van der Waals surface area contributed by atoms with Gasteiger partial charge in [0.15, 0.2) is 5.78 Å². The molecule has 3 aromatic rings. The second-order valence-corrected chi connectivity index (χ2v) is 9.30. The number of hydrogen-bond acceptors (Lipinski definition) is 3. The van der Waals surface area contributed by atoms with E-state index < -0.39 is 11.7 Å². The summed E-state index contributed by atoms with van der Waals surface area (Å²) in [7, 11) is 0. The molecular weight excluding hydrogens is 439 g/mol. The van der Waals surface area contributed by atoms with Gasteiger partial charge in [0.2, 0.25) is 0 Å². The van der Waals surface area contributed by atoms with Crippen molar-refractivity contribution in [2.24, 2.45) is 0 Å². The minimum atomic E-state index is -0.496. The van der Waals surface area contributed by atoms with Crippen molar-refractivity contribution in [2.75, 3.05) is 5.32 Å². The van der Waals surface area contributed by atoms with Gasteiger partial charge in [0.25, 0.3) is 5.91 Å². The topological polar surface area (TPSA) is 58.2 Å². The Kier molecular flexibility index (Phi) is 6.08. The lowest BCUT2D eigenvalue weighted by atomic mass is 9.71. The number of carbonyl (C=O) groups is 2. The van der Waals surface area contributed by atoms with Crippen LogP contribution in [-0.2, 0) is 9.59 Å². The summed E-state index contributed by atoms with van der Waals surface area (Å²) in [6.45, 7) is 3.87. The number of aryl methyl sites for hydroxylation is 1. The largest absolute Gasteiger partial charge is 0.362 e. The van der Waals surface area contributed by atoms with E-state index in [1.165, 1.54) is 12.1 Å². The molecule has 1 aliphatic carbocycles. The number of anilines is 1. The first-order chi connectivity index (χ1) is 16.9. The Labute approximate surface area is 204 Å². The molecule has 3 aromatic carbocycles. The summed E-state index contributed by atoms with van der Waals surface area (Å²) in [5.74, 6) is -1.14. The standard InChI is InChI=1S/C30H27FN2O2/c1-18-11-13-21(14-12-18)28-27(30(35)33-24-10-6-9-23(31)17-24)19(2)32-25-15-22(16-26(34)29(25)28)20-7-4-3-5-8-20/h3-14,17,22,28,32H,15-16H2,1-2H3,(H,33,35). The highest BCUT2D eigenvalue weighted by molar-refractivity contribution is 6.10. The maximum atomic E-state index is 13.7. The highest BCUT2D eigenvalue weighted by Crippen LogP contribution is 2.45. The van der Waals surface area contributed by atoms with Crippen LogP contribution in [0.25, 0.3) is 0 Å². The molecule has 0 fully saturated rings. The van der Waals surface area contributed by atoms with Crippen molar-refractivity contribution in [3.63, 3.8) is 0 Å². The number of Topliss-reactive ketones (excluding diaryl/α,β-unsaturated/α-hetero) is 1. The van der Waals surface area contributed by atoms with Crippen molar-refractivity contribution >= 4 is 17.4 Å². The third-order valence-electron chi connectivity index (χ3n) is 6.84. The first-order valence-electron chi connectivity index (χ1n) is 11.8. The Bertz CT molecular complexity index is 1360. The minimum Gasteiger partial charge on any atom is -0.362 e. The molecule has 5 heteroatoms. The lowest BCUT2D eigenvalue weighted by molar-refractivity contribution is -0.116. The maximum absolute atomic E-state index is 13.7. The molecule has 0 bridgehead atoms. The van der Waals surface area contributed by atoms with Crippen LogP contribution in [0.4, 0.5) is 10.1 Å². The van der Waals surface area contributed by atoms with Crippen molar-refractivity contribution in [3.05, 3.63) is 124 Å². The zero-order valence-corrected chi connectivity index (χ0v) is 19.8. The summed E-state index contributed by atoms with van der Waals surface area (Å²) in [4.78, 5) is 27.2. The van der Waals surface area contributed by atoms with E-state index >= 15 is 0 Å². The second kappa shape index (κ2) is 9.34. The molecule has 1 amide bonds. The number of halogens is 1. The van der Waals surface area contributed by atoms with Gasteiger partial charge in [-0.3, -0.25) is 9.59 Å². The number of dihydropyridines is 1. The average Bonchev–Trinajstić information content (AvgIpc) is 2.84. The minimum absolute atomic E-state index is 0.0433. The Morgan fingerprint density at radius 1 is 0.914 bits per heavy atom. The molecule has 0 radical (unpaired) electrons. The SMILES string of the molecule is CC1=C(C(=O)Nc2cccc(F)c2)C(c2ccc(C)cc2)C2=C(CC(c3ccccc3)CC2=O)N1. The molecule has 4 nitrogen and oxygen atoms in total. The molecule has 1 aliphatic heterocycles. The Morgan fingerprint density at radius 2 is 1.66 bits per heavy atom. The van der Waals surface area contributed by atoms with E-state index in [-0.39, 0.29) is 17.6 Å². The summed E-state index contributed by atoms with van der Waals surface area (Å²) in [6, 6.07) is 23.8. The van der Waals surface area contributed by atoms with Crippen LogP contribution < -0.4 is 10.6 Å². The average molecular weight is 467 g/mol. The lowest BCUT2D eigenvalue weighted by Crippen LogP contribution is -2.37. The number of rotatable bonds is 4. The van der Waals surface area contributed by atoms with Gasteiger partial charge >= 0.3 is 0 Å². The van der Waals surface area contributed by atoms with E-state index in [1.54, 1.807) is 12.1 Å². The highest BCUT2D eigenvalue weighted by Gasteiger charge is 2.40. The highest BCUT2D eigenvalue weighted by atomic mass is 19.1. The van der Waals surface area contributed by atoms with Crippen LogP contribution in [0.15, 0.2) is 101 Å². The van der Waals surface area contributed by atoms with Gasteiger partial charge in [-0.25, -0.2) is 4.39 Å². The molecule has 0 spiro atoms. The summed E-state index contributed by atoms with van der Waals surface area (Å²) >= 11 is 0. The molecule has 35 heavy (non-hydrogen) atoms. The van der Waals surface area contributed by atoms with Crippen LogP contribution in [0.5, 0.6) is 0 Å². The van der Waals surface area contributed by atoms with Crippen LogP contribution in [0.1, 0.15) is 48.3 Å². The first kappa shape index (κ1) is 22.8. The fourth-order valence-corrected chi connectivity index (χ4v) is 5.16. The number of amides is 1. The van der Waals surface area contributed by atoms with Gasteiger partial charge < -0.3 is 10.6 Å². The van der Waals surface area contributed by atoms with Crippen molar-refractivity contribution in [2.45, 2.75) is 38.5 Å². The molecule has 0 saturated carbocycles. The number of benzene rings is 3. The number of ketones is 1. The summed E-state index contributed by atoms with van der Waals surface area (Å²) < 4.78 is 13.7. The van der Waals surface area contributed by atoms with Crippen LogP contribution in [0.3, 0.4) is 0 Å². The zero-order chi connectivity index (χ0) is 24.5. The second-order valence-electron chi connectivity index (χ2n) is 9.30. The van der Waals surface area contributed by atoms with Gasteiger partial charge in [-0.2, -0.15) is 0 Å². The fourth-order valence-electron chi connectivity index (χ4n) is 5.16. The normalized spacial score (nSPS) is 19.8. The smallest absolute Gasteiger partial charge is 0.254 e. The first-order valence-corrected chi connectivity index (χ1v) is 11.8. The molecule has 2 aliphatic rings. The molecule has 2 atom stereocenters.